The van der Waals surface area contributed by atoms with Crippen molar-refractivity contribution in [1.82, 2.24) is 15.5 Å². The Balaban J connectivity index is 1.57. The molecule has 1 amide bonds. The summed E-state index contributed by atoms with van der Waals surface area (Å²) in [5.74, 6) is 0.215. The maximum atomic E-state index is 13.0. The molecule has 2 aliphatic heterocycles. The summed E-state index contributed by atoms with van der Waals surface area (Å²) in [6.45, 7) is 3.12. The third kappa shape index (κ3) is 2.70. The fourth-order valence-electron chi connectivity index (χ4n) is 4.11. The maximum Gasteiger partial charge on any atom is 0.257 e. The molecule has 2 heterocycles. The van der Waals surface area contributed by atoms with Crippen molar-refractivity contribution in [3.63, 3.8) is 0 Å². The normalized spacial score (nSPS) is 31.3. The molecule has 4 rings (SSSR count). The van der Waals surface area contributed by atoms with Crippen molar-refractivity contribution in [3.05, 3.63) is 58.0 Å². The smallest absolute Gasteiger partial charge is 0.257 e. The van der Waals surface area contributed by atoms with Crippen LogP contribution in [-0.2, 0) is 10.2 Å². The van der Waals surface area contributed by atoms with E-state index < -0.39 is 6.23 Å². The number of likely N-dealkylation sites (tertiary alicyclic amines) is 1. The Morgan fingerprint density at radius 3 is 2.85 bits per heavy atom. The van der Waals surface area contributed by atoms with Gasteiger partial charge in [0.2, 0.25) is 0 Å². The zero-order valence-electron chi connectivity index (χ0n) is 14.4. The molecular weight excluding hydrogens is 352 g/mol. The molecule has 0 bridgehead atoms. The Kier molecular flexibility index (Phi) is 4.04. The van der Waals surface area contributed by atoms with Crippen LogP contribution < -0.4 is 10.6 Å². The summed E-state index contributed by atoms with van der Waals surface area (Å²) in [5, 5.41) is 24.3. The van der Waals surface area contributed by atoms with Crippen LogP contribution in [0.5, 0.6) is 0 Å². The Hall–Kier alpha value is -2.31. The van der Waals surface area contributed by atoms with Crippen molar-refractivity contribution < 1.29 is 9.90 Å². The molecule has 1 aliphatic carbocycles. The molecule has 0 spiro atoms. The van der Waals surface area contributed by atoms with E-state index in [9.17, 15) is 9.90 Å². The van der Waals surface area contributed by atoms with Crippen molar-refractivity contribution in [2.45, 2.75) is 25.0 Å². The number of fused-ring (bicyclic) bond motifs is 1. The van der Waals surface area contributed by atoms with E-state index in [-0.39, 0.29) is 16.9 Å². The third-order valence-electron chi connectivity index (χ3n) is 5.58. The van der Waals surface area contributed by atoms with Gasteiger partial charge in [-0.25, -0.2) is 0 Å². The predicted octanol–water partition coefficient (Wildman–Crippen LogP) is 1.72. The number of carbonyl (C=O) groups is 1. The number of halogens is 1. The van der Waals surface area contributed by atoms with E-state index in [1.54, 1.807) is 11.1 Å². The summed E-state index contributed by atoms with van der Waals surface area (Å²) in [5.41, 5.74) is 2.50. The fraction of sp³-hybridized carbons (Fsp3) is 0.368. The second-order valence-corrected chi connectivity index (χ2v) is 7.68. The number of amides is 1. The van der Waals surface area contributed by atoms with Gasteiger partial charge in [0.1, 0.15) is 0 Å². The first-order valence-electron chi connectivity index (χ1n) is 8.62. The predicted molar refractivity (Wildman–Crippen MR) is 99.7 cm³/mol. The summed E-state index contributed by atoms with van der Waals surface area (Å²) in [4.78, 5) is 14.8. The number of piperidine rings is 1. The number of aliphatic hydroxyl groups is 1. The molecule has 7 heteroatoms. The van der Waals surface area contributed by atoms with Gasteiger partial charge in [-0.05, 0) is 37.0 Å². The Morgan fingerprint density at radius 2 is 2.15 bits per heavy atom. The first-order valence-corrected chi connectivity index (χ1v) is 9.00. The van der Waals surface area contributed by atoms with Gasteiger partial charge in [0.05, 0.1) is 11.3 Å². The first-order chi connectivity index (χ1) is 12.4. The van der Waals surface area contributed by atoms with Crippen LogP contribution in [0.25, 0.3) is 0 Å². The lowest BCUT2D eigenvalue weighted by atomic mass is 9.95. The van der Waals surface area contributed by atoms with E-state index in [0.717, 1.165) is 18.3 Å². The molecular formula is C19H21ClN4O2. The van der Waals surface area contributed by atoms with E-state index in [1.807, 2.05) is 31.2 Å². The van der Waals surface area contributed by atoms with Gasteiger partial charge in [0.25, 0.3) is 5.91 Å². The lowest BCUT2D eigenvalue weighted by Crippen LogP contribution is -2.42. The van der Waals surface area contributed by atoms with Crippen LogP contribution in [0.15, 0.2) is 47.4 Å². The molecule has 6 nitrogen and oxygen atoms in total. The first kappa shape index (κ1) is 17.1. The Morgan fingerprint density at radius 1 is 1.42 bits per heavy atom. The molecule has 4 N–H and O–H groups in total. The molecule has 1 aromatic carbocycles. The van der Waals surface area contributed by atoms with Crippen LogP contribution in [0, 0.1) is 11.3 Å². The topological polar surface area (TPSA) is 88.5 Å². The van der Waals surface area contributed by atoms with E-state index >= 15 is 0 Å². The SMILES string of the molecule is CC1=CNC(O)/C(=C(/C=N)C(=O)N2CC3CC3(c3ccc(Cl)cc3)C2)N1. The Bertz CT molecular complexity index is 832. The number of hydrogen-bond donors (Lipinski definition) is 4. The second kappa shape index (κ2) is 6.14. The summed E-state index contributed by atoms with van der Waals surface area (Å²) >= 11 is 5.99. The van der Waals surface area contributed by atoms with E-state index in [1.165, 1.54) is 5.56 Å². The number of benzene rings is 1. The van der Waals surface area contributed by atoms with Crippen LogP contribution in [0.3, 0.4) is 0 Å². The molecule has 136 valence electrons. The Labute approximate surface area is 157 Å². The van der Waals surface area contributed by atoms with Crippen LogP contribution in [0.1, 0.15) is 18.9 Å². The van der Waals surface area contributed by atoms with Crippen molar-refractivity contribution >= 4 is 23.7 Å². The van der Waals surface area contributed by atoms with Crippen molar-refractivity contribution in [2.24, 2.45) is 5.92 Å². The minimum absolute atomic E-state index is 0.00469. The summed E-state index contributed by atoms with van der Waals surface area (Å²) < 4.78 is 0. The third-order valence-corrected chi connectivity index (χ3v) is 5.83. The van der Waals surface area contributed by atoms with Gasteiger partial charge in [0.15, 0.2) is 6.23 Å². The van der Waals surface area contributed by atoms with Crippen molar-refractivity contribution in [1.29, 1.82) is 5.41 Å². The lowest BCUT2D eigenvalue weighted by molar-refractivity contribution is -0.126. The number of allylic oxidation sites excluding steroid dienone is 1. The second-order valence-electron chi connectivity index (χ2n) is 7.24. The number of aliphatic hydroxyl groups excluding tert-OH is 1. The maximum absolute atomic E-state index is 13.0. The average molecular weight is 373 g/mol. The van der Waals surface area contributed by atoms with Crippen LogP contribution in [0.4, 0.5) is 0 Å². The standard InChI is InChI=1S/C19H21ClN4O2/c1-11-8-22-17(25)16(23-11)15(7-21)18(26)24-9-13-6-19(13,10-24)12-2-4-14(20)5-3-12/h2-5,7-8,13,17,21-23,25H,6,9-10H2,1H3/b16-15+,21-7?. The molecule has 3 unspecified atom stereocenters. The van der Waals surface area contributed by atoms with Gasteiger partial charge in [-0.1, -0.05) is 23.7 Å². The monoisotopic (exact) mass is 372 g/mol. The molecule has 26 heavy (non-hydrogen) atoms. The van der Waals surface area contributed by atoms with Gasteiger partial charge in [-0.15, -0.1) is 0 Å². The molecule has 1 saturated carbocycles. The largest absolute Gasteiger partial charge is 0.368 e. The number of hydrogen-bond acceptors (Lipinski definition) is 5. The molecule has 0 radical (unpaired) electrons. The van der Waals surface area contributed by atoms with Crippen LogP contribution in [-0.4, -0.2) is 41.4 Å². The fourth-order valence-corrected chi connectivity index (χ4v) is 4.24. The highest BCUT2D eigenvalue weighted by Crippen LogP contribution is 2.59. The zero-order valence-corrected chi connectivity index (χ0v) is 15.2. The number of carbonyl (C=O) groups excluding carboxylic acids is 1. The van der Waals surface area contributed by atoms with Crippen molar-refractivity contribution in [2.75, 3.05) is 13.1 Å². The minimum Gasteiger partial charge on any atom is -0.368 e. The van der Waals surface area contributed by atoms with Gasteiger partial charge in [-0.2, -0.15) is 0 Å². The van der Waals surface area contributed by atoms with Gasteiger partial charge >= 0.3 is 0 Å². The highest BCUT2D eigenvalue weighted by molar-refractivity contribution is 6.30. The van der Waals surface area contributed by atoms with Crippen molar-refractivity contribution in [3.8, 4) is 0 Å². The highest BCUT2D eigenvalue weighted by atomic mass is 35.5. The number of nitrogens with zero attached hydrogens (tertiary/aromatic N) is 1. The summed E-state index contributed by atoms with van der Waals surface area (Å²) in [6, 6.07) is 7.85. The molecule has 1 saturated heterocycles. The average Bonchev–Trinajstić information content (AvgIpc) is 3.20. The minimum atomic E-state index is -1.03. The molecule has 2 fully saturated rings. The van der Waals surface area contributed by atoms with E-state index in [2.05, 4.69) is 10.6 Å². The molecule has 1 aromatic rings. The van der Waals surface area contributed by atoms with Crippen LogP contribution >= 0.6 is 11.6 Å². The van der Waals surface area contributed by atoms with Crippen LogP contribution in [0.2, 0.25) is 5.02 Å². The van der Waals surface area contributed by atoms with E-state index in [4.69, 9.17) is 17.0 Å². The molecule has 3 atom stereocenters. The van der Waals surface area contributed by atoms with Gasteiger partial charge < -0.3 is 26.0 Å². The highest BCUT2D eigenvalue weighted by Gasteiger charge is 2.61. The number of nitrogens with one attached hydrogen (secondary N) is 3. The molecule has 3 aliphatic rings. The van der Waals surface area contributed by atoms with E-state index in [0.29, 0.717) is 29.7 Å². The summed E-state index contributed by atoms with van der Waals surface area (Å²) in [7, 11) is 0. The van der Waals surface area contributed by atoms with Gasteiger partial charge in [0, 0.05) is 41.6 Å². The van der Waals surface area contributed by atoms with Gasteiger partial charge in [-0.3, -0.25) is 4.79 Å². The quantitative estimate of drug-likeness (QED) is 0.480. The summed E-state index contributed by atoms with van der Waals surface area (Å²) in [6.07, 6.45) is 2.70. The number of rotatable bonds is 3. The molecule has 0 aromatic heterocycles. The zero-order chi connectivity index (χ0) is 18.5. The lowest BCUT2D eigenvalue weighted by Gasteiger charge is -2.27.